The molecule has 3 aromatic rings. The van der Waals surface area contributed by atoms with Gasteiger partial charge < -0.3 is 15.4 Å². The average molecular weight is 431 g/mol. The van der Waals surface area contributed by atoms with Gasteiger partial charge >= 0.3 is 0 Å². The summed E-state index contributed by atoms with van der Waals surface area (Å²) in [5.41, 5.74) is 4.97. The third-order valence-electron chi connectivity index (χ3n) is 5.94. The van der Waals surface area contributed by atoms with Crippen molar-refractivity contribution in [1.29, 1.82) is 0 Å². The lowest BCUT2D eigenvalue weighted by Gasteiger charge is -2.29. The standard InChI is InChI=1S/C26H26N2O2S/c1-2-13-30-19-11-9-17(10-12-19)26-25-22(27-20-6-3-4-7-21(20)28-26)15-18(16-23(25)29)24-8-5-14-31-24/h3-12,14,18,26-28H,2,13,15-16H2,1H3/t18-,26-/m0/s1. The Balaban J connectivity index is 1.54. The van der Waals surface area contributed by atoms with Gasteiger partial charge in [-0.15, -0.1) is 11.3 Å². The second kappa shape index (κ2) is 8.60. The fourth-order valence-corrected chi connectivity index (χ4v) is 5.27. The van der Waals surface area contributed by atoms with Crippen molar-refractivity contribution >= 4 is 28.5 Å². The predicted molar refractivity (Wildman–Crippen MR) is 127 cm³/mol. The molecule has 5 heteroatoms. The Morgan fingerprint density at radius 2 is 1.81 bits per heavy atom. The molecule has 0 radical (unpaired) electrons. The smallest absolute Gasteiger partial charge is 0.163 e. The molecule has 0 spiro atoms. The van der Waals surface area contributed by atoms with Crippen molar-refractivity contribution in [3.8, 4) is 5.75 Å². The van der Waals surface area contributed by atoms with Crippen LogP contribution in [0, 0.1) is 0 Å². The molecular formula is C26H26N2O2S. The van der Waals surface area contributed by atoms with Crippen molar-refractivity contribution in [3.05, 3.63) is 87.8 Å². The second-order valence-corrected chi connectivity index (χ2v) is 9.08. The molecule has 5 rings (SSSR count). The number of allylic oxidation sites excluding steroid dienone is 1. The number of hydrogen-bond donors (Lipinski definition) is 2. The topological polar surface area (TPSA) is 50.4 Å². The fourth-order valence-electron chi connectivity index (χ4n) is 4.44. The van der Waals surface area contributed by atoms with Gasteiger partial charge in [-0.05, 0) is 54.1 Å². The highest BCUT2D eigenvalue weighted by Gasteiger charge is 2.36. The monoisotopic (exact) mass is 430 g/mol. The summed E-state index contributed by atoms with van der Waals surface area (Å²) >= 11 is 1.73. The summed E-state index contributed by atoms with van der Waals surface area (Å²) in [6, 6.07) is 20.3. The number of Topliss-reactive ketones (excluding diaryl/α,β-unsaturated/α-hetero) is 1. The van der Waals surface area contributed by atoms with Crippen LogP contribution < -0.4 is 15.4 Å². The Kier molecular flexibility index (Phi) is 5.51. The van der Waals surface area contributed by atoms with Crippen LogP contribution in [0.4, 0.5) is 11.4 Å². The number of para-hydroxylation sites is 2. The van der Waals surface area contributed by atoms with Crippen LogP contribution in [0.5, 0.6) is 5.75 Å². The molecule has 2 heterocycles. The third kappa shape index (κ3) is 3.98. The van der Waals surface area contributed by atoms with E-state index in [1.165, 1.54) is 4.88 Å². The first-order valence-corrected chi connectivity index (χ1v) is 11.8. The minimum atomic E-state index is -0.192. The number of benzene rings is 2. The molecule has 1 aliphatic heterocycles. The molecule has 0 amide bonds. The zero-order valence-corrected chi connectivity index (χ0v) is 18.4. The molecule has 2 atom stereocenters. The highest BCUT2D eigenvalue weighted by atomic mass is 32.1. The third-order valence-corrected chi connectivity index (χ3v) is 6.98. The van der Waals surface area contributed by atoms with Crippen LogP contribution in [0.3, 0.4) is 0 Å². The lowest BCUT2D eigenvalue weighted by Crippen LogP contribution is -2.26. The molecule has 0 fully saturated rings. The number of rotatable bonds is 5. The van der Waals surface area contributed by atoms with E-state index in [0.29, 0.717) is 13.0 Å². The number of anilines is 2. The van der Waals surface area contributed by atoms with E-state index < -0.39 is 0 Å². The first-order valence-electron chi connectivity index (χ1n) is 10.9. The van der Waals surface area contributed by atoms with E-state index >= 15 is 0 Å². The van der Waals surface area contributed by atoms with Crippen LogP contribution in [0.15, 0.2) is 77.3 Å². The Morgan fingerprint density at radius 1 is 1.00 bits per heavy atom. The van der Waals surface area contributed by atoms with Crippen molar-refractivity contribution in [3.63, 3.8) is 0 Å². The minimum Gasteiger partial charge on any atom is -0.494 e. The minimum absolute atomic E-state index is 0.192. The summed E-state index contributed by atoms with van der Waals surface area (Å²) in [7, 11) is 0. The van der Waals surface area contributed by atoms with E-state index in [-0.39, 0.29) is 17.7 Å². The van der Waals surface area contributed by atoms with E-state index in [0.717, 1.165) is 46.8 Å². The summed E-state index contributed by atoms with van der Waals surface area (Å²) in [5, 5.41) is 9.33. The second-order valence-electron chi connectivity index (χ2n) is 8.10. The number of hydrogen-bond acceptors (Lipinski definition) is 5. The van der Waals surface area contributed by atoms with E-state index in [1.807, 2.05) is 24.3 Å². The molecular weight excluding hydrogens is 404 g/mol. The number of nitrogens with one attached hydrogen (secondary N) is 2. The summed E-state index contributed by atoms with van der Waals surface area (Å²) in [6.07, 6.45) is 2.36. The Labute approximate surface area is 187 Å². The van der Waals surface area contributed by atoms with Crippen LogP contribution in [-0.4, -0.2) is 12.4 Å². The molecule has 2 aliphatic rings. The number of thiophene rings is 1. The molecule has 1 aromatic heterocycles. The van der Waals surface area contributed by atoms with E-state index in [9.17, 15) is 4.79 Å². The maximum atomic E-state index is 13.5. The zero-order valence-electron chi connectivity index (χ0n) is 17.6. The maximum absolute atomic E-state index is 13.5. The van der Waals surface area contributed by atoms with Gasteiger partial charge in [-0.25, -0.2) is 0 Å². The van der Waals surface area contributed by atoms with Gasteiger partial charge in [-0.3, -0.25) is 4.79 Å². The van der Waals surface area contributed by atoms with Gasteiger partial charge in [-0.1, -0.05) is 37.3 Å². The van der Waals surface area contributed by atoms with Gasteiger partial charge in [0, 0.05) is 28.5 Å². The molecule has 4 nitrogen and oxygen atoms in total. The Hall–Kier alpha value is -3.05. The number of carbonyl (C=O) groups is 1. The first kappa shape index (κ1) is 19.9. The van der Waals surface area contributed by atoms with Crippen LogP contribution in [-0.2, 0) is 4.79 Å². The normalized spacial score (nSPS) is 20.2. The summed E-state index contributed by atoms with van der Waals surface area (Å²) in [4.78, 5) is 14.8. The largest absolute Gasteiger partial charge is 0.494 e. The summed E-state index contributed by atoms with van der Waals surface area (Å²) in [6.45, 7) is 2.80. The molecule has 0 unspecified atom stereocenters. The van der Waals surface area contributed by atoms with Crippen molar-refractivity contribution in [2.45, 2.75) is 38.1 Å². The van der Waals surface area contributed by atoms with Crippen LogP contribution in [0.2, 0.25) is 0 Å². The first-order chi connectivity index (χ1) is 15.2. The average Bonchev–Trinajstić information content (AvgIpc) is 3.27. The van der Waals surface area contributed by atoms with Crippen molar-refractivity contribution < 1.29 is 9.53 Å². The molecule has 2 aromatic carbocycles. The van der Waals surface area contributed by atoms with Crippen LogP contribution >= 0.6 is 11.3 Å². The predicted octanol–water partition coefficient (Wildman–Crippen LogP) is 6.52. The zero-order chi connectivity index (χ0) is 21.2. The fraction of sp³-hybridized carbons (Fsp3) is 0.269. The van der Waals surface area contributed by atoms with Crippen LogP contribution in [0.25, 0.3) is 0 Å². The molecule has 0 bridgehead atoms. The molecule has 2 N–H and O–H groups in total. The van der Waals surface area contributed by atoms with Crippen molar-refractivity contribution in [2.24, 2.45) is 0 Å². The Morgan fingerprint density at radius 3 is 2.55 bits per heavy atom. The molecule has 1 aliphatic carbocycles. The number of carbonyl (C=O) groups excluding carboxylic acids is 1. The van der Waals surface area contributed by atoms with E-state index in [4.69, 9.17) is 4.74 Å². The number of fused-ring (bicyclic) bond motifs is 1. The quantitative estimate of drug-likeness (QED) is 0.484. The Bertz CT molecular complexity index is 1100. The highest BCUT2D eigenvalue weighted by Crippen LogP contribution is 2.44. The highest BCUT2D eigenvalue weighted by molar-refractivity contribution is 7.10. The van der Waals surface area contributed by atoms with Crippen LogP contribution in [0.1, 0.15) is 48.6 Å². The van der Waals surface area contributed by atoms with Gasteiger partial charge in [0.15, 0.2) is 5.78 Å². The molecule has 0 saturated heterocycles. The van der Waals surface area contributed by atoms with Gasteiger partial charge in [0.25, 0.3) is 0 Å². The number of ketones is 1. The van der Waals surface area contributed by atoms with E-state index in [2.05, 4.69) is 59.3 Å². The van der Waals surface area contributed by atoms with Crippen molar-refractivity contribution in [1.82, 2.24) is 0 Å². The van der Waals surface area contributed by atoms with Crippen molar-refractivity contribution in [2.75, 3.05) is 17.2 Å². The van der Waals surface area contributed by atoms with Gasteiger partial charge in [0.05, 0.1) is 24.0 Å². The van der Waals surface area contributed by atoms with Gasteiger partial charge in [-0.2, -0.15) is 0 Å². The molecule has 31 heavy (non-hydrogen) atoms. The molecule has 158 valence electrons. The lowest BCUT2D eigenvalue weighted by molar-refractivity contribution is -0.116. The summed E-state index contributed by atoms with van der Waals surface area (Å²) in [5.74, 6) is 1.30. The lowest BCUT2D eigenvalue weighted by atomic mass is 9.81. The summed E-state index contributed by atoms with van der Waals surface area (Å²) < 4.78 is 5.75. The van der Waals surface area contributed by atoms with E-state index in [1.54, 1.807) is 11.3 Å². The van der Waals surface area contributed by atoms with Gasteiger partial charge in [0.2, 0.25) is 0 Å². The number of ether oxygens (including phenoxy) is 1. The maximum Gasteiger partial charge on any atom is 0.163 e. The SMILES string of the molecule is CCCOc1ccc([C@@H]2Nc3ccccc3NC3=C2C(=O)C[C@@H](c2cccs2)C3)cc1. The van der Waals surface area contributed by atoms with Gasteiger partial charge in [0.1, 0.15) is 5.75 Å². The molecule has 0 saturated carbocycles.